The molecule has 1 aromatic heterocycles. The van der Waals surface area contributed by atoms with Crippen LogP contribution in [0.15, 0.2) is 29.1 Å². The predicted octanol–water partition coefficient (Wildman–Crippen LogP) is 0.0963. The maximum absolute atomic E-state index is 12.2. The van der Waals surface area contributed by atoms with Crippen molar-refractivity contribution in [3.05, 3.63) is 40.4 Å². The van der Waals surface area contributed by atoms with Crippen LogP contribution in [0.4, 0.5) is 4.79 Å². The molecule has 0 bridgehead atoms. The average Bonchev–Trinajstić information content (AvgIpc) is 3.43. The highest BCUT2D eigenvalue weighted by molar-refractivity contribution is 5.94. The molecule has 0 spiro atoms. The molecule has 8 nitrogen and oxygen atoms in total. The summed E-state index contributed by atoms with van der Waals surface area (Å²) in [4.78, 5) is 44.5. The van der Waals surface area contributed by atoms with Gasteiger partial charge in [-0.2, -0.15) is 0 Å². The van der Waals surface area contributed by atoms with E-state index in [0.717, 1.165) is 37.1 Å². The number of unbranched alkanes of at least 4 members (excludes halogenated alkanes) is 1. The maximum atomic E-state index is 12.2. The standard InChI is InChI=1S/C19H25N5O3/c1-2-3-10-24(12-17(25)23-19(27)20-13-8-9-13)11-16-21-15-7-5-4-6-14(15)18(26)22-16/h4-7,13H,2-3,8-12H2,1H3,(H,21,22,26)(H2,20,23,25,27)/p+1. The lowest BCUT2D eigenvalue weighted by atomic mass is 10.2. The number of aromatic nitrogens is 2. The number of amides is 3. The lowest BCUT2D eigenvalue weighted by Gasteiger charge is -2.18. The lowest BCUT2D eigenvalue weighted by Crippen LogP contribution is -3.12. The molecule has 3 amide bonds. The largest absolute Gasteiger partial charge is 0.335 e. The minimum absolute atomic E-state index is 0.147. The van der Waals surface area contributed by atoms with E-state index in [1.807, 2.05) is 6.07 Å². The van der Waals surface area contributed by atoms with Gasteiger partial charge in [0.15, 0.2) is 12.4 Å². The van der Waals surface area contributed by atoms with Crippen LogP contribution in [-0.2, 0) is 11.3 Å². The van der Waals surface area contributed by atoms with Crippen molar-refractivity contribution in [1.29, 1.82) is 0 Å². The Balaban J connectivity index is 1.66. The molecule has 27 heavy (non-hydrogen) atoms. The number of imide groups is 1. The fourth-order valence-electron chi connectivity index (χ4n) is 2.97. The lowest BCUT2D eigenvalue weighted by molar-refractivity contribution is -0.906. The first-order chi connectivity index (χ1) is 13.0. The molecule has 1 heterocycles. The van der Waals surface area contributed by atoms with Crippen LogP contribution in [0, 0.1) is 0 Å². The van der Waals surface area contributed by atoms with Crippen LogP contribution < -0.4 is 21.1 Å². The summed E-state index contributed by atoms with van der Waals surface area (Å²) in [5.74, 6) is 0.211. The molecule has 0 saturated heterocycles. The fraction of sp³-hybridized carbons (Fsp3) is 0.474. The third-order valence-electron chi connectivity index (χ3n) is 4.54. The number of hydrogen-bond acceptors (Lipinski definition) is 4. The van der Waals surface area contributed by atoms with Gasteiger partial charge in [-0.15, -0.1) is 0 Å². The summed E-state index contributed by atoms with van der Waals surface area (Å²) in [6, 6.07) is 6.94. The van der Waals surface area contributed by atoms with Crippen molar-refractivity contribution in [2.75, 3.05) is 13.1 Å². The molecule has 1 aromatic carbocycles. The topological polar surface area (TPSA) is 108 Å². The molecular formula is C19H26N5O3+. The van der Waals surface area contributed by atoms with E-state index in [1.54, 1.807) is 18.2 Å². The third kappa shape index (κ3) is 5.62. The average molecular weight is 372 g/mol. The number of rotatable bonds is 8. The van der Waals surface area contributed by atoms with Gasteiger partial charge < -0.3 is 15.2 Å². The van der Waals surface area contributed by atoms with Crippen LogP contribution in [0.25, 0.3) is 10.9 Å². The van der Waals surface area contributed by atoms with Crippen molar-refractivity contribution < 1.29 is 14.5 Å². The molecule has 3 rings (SSSR count). The Morgan fingerprint density at radius 1 is 1.30 bits per heavy atom. The molecule has 0 aliphatic heterocycles. The number of fused-ring (bicyclic) bond motifs is 1. The van der Waals surface area contributed by atoms with E-state index in [9.17, 15) is 14.4 Å². The van der Waals surface area contributed by atoms with Gasteiger partial charge in [0.25, 0.3) is 11.5 Å². The zero-order valence-corrected chi connectivity index (χ0v) is 15.5. The van der Waals surface area contributed by atoms with Crippen molar-refractivity contribution in [2.45, 2.75) is 45.2 Å². The first-order valence-electron chi connectivity index (χ1n) is 9.47. The molecule has 0 radical (unpaired) electrons. The number of hydrogen-bond donors (Lipinski definition) is 4. The van der Waals surface area contributed by atoms with Crippen molar-refractivity contribution in [1.82, 2.24) is 20.6 Å². The number of carbonyl (C=O) groups excluding carboxylic acids is 2. The van der Waals surface area contributed by atoms with Gasteiger partial charge in [-0.25, -0.2) is 9.78 Å². The van der Waals surface area contributed by atoms with Crippen molar-refractivity contribution in [2.24, 2.45) is 0 Å². The molecule has 1 saturated carbocycles. The van der Waals surface area contributed by atoms with E-state index in [4.69, 9.17) is 0 Å². The zero-order valence-electron chi connectivity index (χ0n) is 15.5. The number of aromatic amines is 1. The highest BCUT2D eigenvalue weighted by atomic mass is 16.2. The highest BCUT2D eigenvalue weighted by Gasteiger charge is 2.25. The third-order valence-corrected chi connectivity index (χ3v) is 4.54. The Hall–Kier alpha value is -2.74. The van der Waals surface area contributed by atoms with Gasteiger partial charge in [-0.3, -0.25) is 14.9 Å². The van der Waals surface area contributed by atoms with E-state index in [0.29, 0.717) is 23.3 Å². The van der Waals surface area contributed by atoms with Crippen LogP contribution in [0.5, 0.6) is 0 Å². The predicted molar refractivity (Wildman–Crippen MR) is 101 cm³/mol. The fourth-order valence-corrected chi connectivity index (χ4v) is 2.97. The minimum Gasteiger partial charge on any atom is -0.335 e. The Morgan fingerprint density at radius 3 is 2.81 bits per heavy atom. The minimum atomic E-state index is -0.436. The summed E-state index contributed by atoms with van der Waals surface area (Å²) in [5, 5.41) is 5.67. The summed E-state index contributed by atoms with van der Waals surface area (Å²) in [6.45, 7) is 3.40. The molecule has 1 unspecified atom stereocenters. The number of benzene rings is 1. The molecule has 1 aliphatic carbocycles. The monoisotopic (exact) mass is 372 g/mol. The van der Waals surface area contributed by atoms with E-state index in [2.05, 4.69) is 27.5 Å². The molecule has 2 aromatic rings. The number of para-hydroxylation sites is 1. The second-order valence-electron chi connectivity index (χ2n) is 7.03. The Labute approximate surface area is 157 Å². The number of nitrogens with one attached hydrogen (secondary N) is 4. The van der Waals surface area contributed by atoms with E-state index < -0.39 is 6.03 Å². The van der Waals surface area contributed by atoms with Crippen LogP contribution in [0.3, 0.4) is 0 Å². The van der Waals surface area contributed by atoms with Crippen LogP contribution >= 0.6 is 0 Å². The van der Waals surface area contributed by atoms with Gasteiger partial charge in [-0.05, 0) is 31.4 Å². The van der Waals surface area contributed by atoms with Crippen molar-refractivity contribution >= 4 is 22.8 Å². The summed E-state index contributed by atoms with van der Waals surface area (Å²) in [5.41, 5.74) is 0.457. The molecule has 1 aliphatic rings. The van der Waals surface area contributed by atoms with Crippen LogP contribution in [-0.4, -0.2) is 41.0 Å². The second-order valence-corrected chi connectivity index (χ2v) is 7.03. The Bertz CT molecular complexity index is 875. The second kappa shape index (κ2) is 8.77. The van der Waals surface area contributed by atoms with Gasteiger partial charge in [0.2, 0.25) is 0 Å². The quantitative estimate of drug-likeness (QED) is 0.527. The Kier molecular flexibility index (Phi) is 6.18. The van der Waals surface area contributed by atoms with Crippen molar-refractivity contribution in [3.8, 4) is 0 Å². The summed E-state index contributed by atoms with van der Waals surface area (Å²) in [6.07, 6.45) is 3.87. The van der Waals surface area contributed by atoms with Gasteiger partial charge in [-0.1, -0.05) is 25.5 Å². The highest BCUT2D eigenvalue weighted by Crippen LogP contribution is 2.18. The van der Waals surface area contributed by atoms with E-state index in [1.165, 1.54) is 0 Å². The van der Waals surface area contributed by atoms with Gasteiger partial charge >= 0.3 is 6.03 Å². The molecule has 144 valence electrons. The first-order valence-corrected chi connectivity index (χ1v) is 9.47. The normalized spacial score (nSPS) is 14.7. The van der Waals surface area contributed by atoms with Gasteiger partial charge in [0.1, 0.15) is 6.54 Å². The van der Waals surface area contributed by atoms with Crippen molar-refractivity contribution in [3.63, 3.8) is 0 Å². The van der Waals surface area contributed by atoms with Crippen LogP contribution in [0.1, 0.15) is 38.4 Å². The number of urea groups is 1. The van der Waals surface area contributed by atoms with Crippen LogP contribution in [0.2, 0.25) is 0 Å². The summed E-state index contributed by atoms with van der Waals surface area (Å²) < 4.78 is 0. The van der Waals surface area contributed by atoms with E-state index >= 15 is 0 Å². The van der Waals surface area contributed by atoms with Gasteiger partial charge in [0.05, 0.1) is 17.4 Å². The maximum Gasteiger partial charge on any atom is 0.321 e. The molecular weight excluding hydrogens is 346 g/mol. The number of nitrogens with zero attached hydrogens (tertiary/aromatic N) is 1. The number of quaternary nitrogens is 1. The SMILES string of the molecule is CCCC[NH+](CC(=O)NC(=O)NC1CC1)Cc1nc2ccccc2c(=O)[nH]1. The molecule has 4 N–H and O–H groups in total. The van der Waals surface area contributed by atoms with Gasteiger partial charge in [0, 0.05) is 6.04 Å². The molecule has 8 heteroatoms. The Morgan fingerprint density at radius 2 is 2.07 bits per heavy atom. The summed E-state index contributed by atoms with van der Waals surface area (Å²) in [7, 11) is 0. The molecule has 1 fully saturated rings. The smallest absolute Gasteiger partial charge is 0.321 e. The number of H-pyrrole nitrogens is 1. The number of carbonyl (C=O) groups is 2. The molecule has 1 atom stereocenters. The summed E-state index contributed by atoms with van der Waals surface area (Å²) >= 11 is 0. The zero-order chi connectivity index (χ0) is 19.2. The first kappa shape index (κ1) is 19.0. The van der Waals surface area contributed by atoms with E-state index in [-0.39, 0.29) is 24.1 Å².